The molecule has 2 aromatic heterocycles. The van der Waals surface area contributed by atoms with E-state index >= 15 is 0 Å². The zero-order valence-corrected chi connectivity index (χ0v) is 20.1. The molecule has 1 saturated carbocycles. The molecule has 6 rings (SSSR count). The Morgan fingerprint density at radius 1 is 0.939 bits per heavy atom. The number of fused-ring (bicyclic) bond motifs is 2. The molecule has 1 aliphatic heterocycles. The van der Waals surface area contributed by atoms with E-state index in [2.05, 4.69) is 26.2 Å². The van der Waals surface area contributed by atoms with Crippen molar-refractivity contribution in [2.24, 2.45) is 0 Å². The van der Waals surface area contributed by atoms with Crippen LogP contribution in [0.4, 0.5) is 10.1 Å². The number of halogens is 2. The average molecular weight is 480 g/mol. The van der Waals surface area contributed by atoms with Gasteiger partial charge in [0.05, 0.1) is 16.2 Å². The maximum absolute atomic E-state index is 14.2. The summed E-state index contributed by atoms with van der Waals surface area (Å²) in [5.41, 5.74) is 3.49. The number of hydrogen-bond donors (Lipinski definition) is 0. The standard InChI is InChI=1S/C27H27ClFN3S/c28-23-7-8-24(26-20(23)5-4-12-30-26)31-13-15-32(16-14-31)27(10-2-1-3-11-27)22-18-33-25-9-6-19(29)17-21(22)25/h4-9,12,17-18H,1-3,10-11,13-16H2. The minimum absolute atomic E-state index is 0.0106. The van der Waals surface area contributed by atoms with Crippen LogP contribution in [0.2, 0.25) is 5.02 Å². The summed E-state index contributed by atoms with van der Waals surface area (Å²) in [6.07, 6.45) is 7.91. The fourth-order valence-electron chi connectivity index (χ4n) is 6.01. The summed E-state index contributed by atoms with van der Waals surface area (Å²) in [5, 5.41) is 5.17. The van der Waals surface area contributed by atoms with E-state index in [0.29, 0.717) is 0 Å². The predicted octanol–water partition coefficient (Wildman–Crippen LogP) is 7.22. The SMILES string of the molecule is Fc1ccc2scc(C3(N4CCN(c5ccc(Cl)c6cccnc56)CC4)CCCCC3)c2c1. The Balaban J connectivity index is 1.32. The molecule has 0 atom stereocenters. The fourth-order valence-corrected chi connectivity index (χ4v) is 7.26. The van der Waals surface area contributed by atoms with Crippen molar-refractivity contribution in [1.29, 1.82) is 0 Å². The van der Waals surface area contributed by atoms with Crippen LogP contribution in [-0.2, 0) is 5.54 Å². The van der Waals surface area contributed by atoms with Gasteiger partial charge in [-0.05, 0) is 66.2 Å². The summed E-state index contributed by atoms with van der Waals surface area (Å²) >= 11 is 8.19. The van der Waals surface area contributed by atoms with E-state index in [1.807, 2.05) is 30.5 Å². The van der Waals surface area contributed by atoms with Gasteiger partial charge in [-0.3, -0.25) is 9.88 Å². The van der Waals surface area contributed by atoms with Crippen molar-refractivity contribution in [3.05, 3.63) is 70.4 Å². The van der Waals surface area contributed by atoms with Gasteiger partial charge < -0.3 is 4.90 Å². The highest BCUT2D eigenvalue weighted by molar-refractivity contribution is 7.17. The van der Waals surface area contributed by atoms with Gasteiger partial charge >= 0.3 is 0 Å². The van der Waals surface area contributed by atoms with Crippen LogP contribution in [0.1, 0.15) is 37.7 Å². The number of nitrogens with zero attached hydrogens (tertiary/aromatic N) is 3. The maximum atomic E-state index is 14.2. The third-order valence-corrected chi connectivity index (χ3v) is 8.93. The summed E-state index contributed by atoms with van der Waals surface area (Å²) in [6, 6.07) is 13.4. The van der Waals surface area contributed by atoms with Gasteiger partial charge in [-0.25, -0.2) is 4.39 Å². The Bertz CT molecular complexity index is 1310. The molecule has 3 heterocycles. The summed E-state index contributed by atoms with van der Waals surface area (Å²) in [4.78, 5) is 9.79. The van der Waals surface area contributed by atoms with E-state index < -0.39 is 0 Å². The molecule has 0 unspecified atom stereocenters. The van der Waals surface area contributed by atoms with Crippen LogP contribution in [0, 0.1) is 5.82 Å². The van der Waals surface area contributed by atoms with Gasteiger partial charge in [0.1, 0.15) is 5.82 Å². The number of piperazine rings is 1. The van der Waals surface area contributed by atoms with E-state index in [1.165, 1.54) is 29.5 Å². The van der Waals surface area contributed by atoms with E-state index in [-0.39, 0.29) is 11.4 Å². The van der Waals surface area contributed by atoms with Gasteiger partial charge in [-0.15, -0.1) is 11.3 Å². The molecule has 33 heavy (non-hydrogen) atoms. The van der Waals surface area contributed by atoms with Crippen molar-refractivity contribution in [2.75, 3.05) is 31.1 Å². The molecule has 4 aromatic rings. The highest BCUT2D eigenvalue weighted by Crippen LogP contribution is 2.47. The molecule has 0 spiro atoms. The first-order chi connectivity index (χ1) is 16.2. The minimum Gasteiger partial charge on any atom is -0.367 e. The van der Waals surface area contributed by atoms with E-state index in [0.717, 1.165) is 66.0 Å². The first-order valence-electron chi connectivity index (χ1n) is 11.9. The molecule has 1 aliphatic carbocycles. The van der Waals surface area contributed by atoms with E-state index in [9.17, 15) is 4.39 Å². The van der Waals surface area contributed by atoms with Crippen molar-refractivity contribution in [2.45, 2.75) is 37.6 Å². The molecular formula is C27H27ClFN3S. The van der Waals surface area contributed by atoms with Crippen molar-refractivity contribution in [1.82, 2.24) is 9.88 Å². The molecule has 0 amide bonds. The molecule has 3 nitrogen and oxygen atoms in total. The number of hydrogen-bond acceptors (Lipinski definition) is 4. The van der Waals surface area contributed by atoms with E-state index in [4.69, 9.17) is 11.6 Å². The second-order valence-electron chi connectivity index (χ2n) is 9.32. The lowest BCUT2D eigenvalue weighted by atomic mass is 9.74. The average Bonchev–Trinajstić information content (AvgIpc) is 3.29. The van der Waals surface area contributed by atoms with Crippen LogP contribution in [0.25, 0.3) is 21.0 Å². The molecule has 170 valence electrons. The number of pyridine rings is 1. The lowest BCUT2D eigenvalue weighted by molar-refractivity contribution is 0.0432. The zero-order chi connectivity index (χ0) is 22.4. The Morgan fingerprint density at radius 2 is 1.76 bits per heavy atom. The Kier molecular flexibility index (Phi) is 5.52. The van der Waals surface area contributed by atoms with Crippen LogP contribution in [-0.4, -0.2) is 36.1 Å². The predicted molar refractivity (Wildman–Crippen MR) is 137 cm³/mol. The van der Waals surface area contributed by atoms with Crippen molar-refractivity contribution in [3.8, 4) is 0 Å². The Hall–Kier alpha value is -2.21. The Labute approximate surface area is 202 Å². The summed E-state index contributed by atoms with van der Waals surface area (Å²) in [6.45, 7) is 3.88. The molecular weight excluding hydrogens is 453 g/mol. The molecule has 2 fully saturated rings. The van der Waals surface area contributed by atoms with E-state index in [1.54, 1.807) is 23.5 Å². The second kappa shape index (κ2) is 8.53. The topological polar surface area (TPSA) is 19.4 Å². The Morgan fingerprint density at radius 3 is 2.58 bits per heavy atom. The smallest absolute Gasteiger partial charge is 0.123 e. The highest BCUT2D eigenvalue weighted by atomic mass is 35.5. The summed E-state index contributed by atoms with van der Waals surface area (Å²) < 4.78 is 15.4. The zero-order valence-electron chi connectivity index (χ0n) is 18.6. The first kappa shape index (κ1) is 21.3. The van der Waals surface area contributed by atoms with Crippen LogP contribution in [0.15, 0.2) is 54.0 Å². The quantitative estimate of drug-likeness (QED) is 0.309. The van der Waals surface area contributed by atoms with Crippen LogP contribution < -0.4 is 4.90 Å². The largest absolute Gasteiger partial charge is 0.367 e. The van der Waals surface area contributed by atoms with Crippen LogP contribution in [0.3, 0.4) is 0 Å². The molecule has 2 aliphatic rings. The summed E-state index contributed by atoms with van der Waals surface area (Å²) in [5.74, 6) is -0.139. The lowest BCUT2D eigenvalue weighted by Crippen LogP contribution is -2.56. The molecule has 0 radical (unpaired) electrons. The van der Waals surface area contributed by atoms with Crippen molar-refractivity contribution >= 4 is 49.6 Å². The van der Waals surface area contributed by atoms with Gasteiger partial charge in [0.25, 0.3) is 0 Å². The molecule has 0 N–H and O–H groups in total. The maximum Gasteiger partial charge on any atom is 0.123 e. The van der Waals surface area contributed by atoms with Gasteiger partial charge in [0.15, 0.2) is 0 Å². The third-order valence-electron chi connectivity index (χ3n) is 7.64. The van der Waals surface area contributed by atoms with Gasteiger partial charge in [0.2, 0.25) is 0 Å². The number of anilines is 1. The number of benzene rings is 2. The molecule has 1 saturated heterocycles. The van der Waals surface area contributed by atoms with Gasteiger partial charge in [-0.1, -0.05) is 30.9 Å². The van der Waals surface area contributed by atoms with Gasteiger partial charge in [-0.2, -0.15) is 0 Å². The molecule has 6 heteroatoms. The number of aromatic nitrogens is 1. The number of rotatable bonds is 3. The number of thiophene rings is 1. The lowest BCUT2D eigenvalue weighted by Gasteiger charge is -2.50. The molecule has 2 aromatic carbocycles. The monoisotopic (exact) mass is 479 g/mol. The third kappa shape index (κ3) is 3.61. The van der Waals surface area contributed by atoms with Gasteiger partial charge in [0, 0.05) is 53.4 Å². The minimum atomic E-state index is -0.139. The fraction of sp³-hybridized carbons (Fsp3) is 0.370. The summed E-state index contributed by atoms with van der Waals surface area (Å²) in [7, 11) is 0. The normalized spacial score (nSPS) is 19.4. The van der Waals surface area contributed by atoms with Crippen LogP contribution in [0.5, 0.6) is 0 Å². The van der Waals surface area contributed by atoms with Crippen molar-refractivity contribution in [3.63, 3.8) is 0 Å². The molecule has 0 bridgehead atoms. The second-order valence-corrected chi connectivity index (χ2v) is 10.6. The van der Waals surface area contributed by atoms with Crippen LogP contribution >= 0.6 is 22.9 Å². The first-order valence-corrected chi connectivity index (χ1v) is 13.1. The van der Waals surface area contributed by atoms with Crippen molar-refractivity contribution < 1.29 is 4.39 Å². The highest BCUT2D eigenvalue weighted by Gasteiger charge is 2.42.